The third-order valence-electron chi connectivity index (χ3n) is 5.55. The molecule has 0 aliphatic carbocycles. The molecule has 0 saturated heterocycles. The second-order valence-electron chi connectivity index (χ2n) is 8.93. The lowest BCUT2D eigenvalue weighted by Crippen LogP contribution is -2.48. The van der Waals surface area contributed by atoms with Gasteiger partial charge in [0.1, 0.15) is 11.8 Å². The van der Waals surface area contributed by atoms with Crippen LogP contribution in [-0.4, -0.2) is 57.6 Å². The number of ether oxygens (including phenoxy) is 1. The molecule has 9 heteroatoms. The molecule has 2 aromatic rings. The van der Waals surface area contributed by atoms with Gasteiger partial charge in [-0.05, 0) is 37.0 Å². The number of rotatable bonds is 13. The summed E-state index contributed by atoms with van der Waals surface area (Å²) in [6, 6.07) is 15.7. The summed E-state index contributed by atoms with van der Waals surface area (Å²) in [5.41, 5.74) is 1.34. The second kappa shape index (κ2) is 13.1. The van der Waals surface area contributed by atoms with E-state index in [2.05, 4.69) is 5.32 Å². The number of para-hydroxylation sites is 2. The zero-order valence-corrected chi connectivity index (χ0v) is 22.0. The first-order chi connectivity index (χ1) is 16.5. The minimum absolute atomic E-state index is 0.0931. The van der Waals surface area contributed by atoms with E-state index < -0.39 is 16.1 Å². The molecule has 1 unspecified atom stereocenters. The van der Waals surface area contributed by atoms with Crippen LogP contribution in [0.25, 0.3) is 0 Å². The predicted octanol–water partition coefficient (Wildman–Crippen LogP) is 3.43. The number of nitrogens with zero attached hydrogens (tertiary/aromatic N) is 2. The Labute approximate surface area is 209 Å². The van der Waals surface area contributed by atoms with Gasteiger partial charge in [0.2, 0.25) is 21.8 Å². The molecule has 0 spiro atoms. The smallest absolute Gasteiger partial charge is 0.242 e. The molecule has 0 bridgehead atoms. The molecule has 0 saturated carbocycles. The average Bonchev–Trinajstić information content (AvgIpc) is 2.83. The van der Waals surface area contributed by atoms with Gasteiger partial charge in [0, 0.05) is 26.1 Å². The van der Waals surface area contributed by atoms with E-state index in [-0.39, 0.29) is 37.7 Å². The van der Waals surface area contributed by atoms with Crippen molar-refractivity contribution in [3.63, 3.8) is 0 Å². The fourth-order valence-corrected chi connectivity index (χ4v) is 4.60. The highest BCUT2D eigenvalue weighted by atomic mass is 32.2. The Balaban J connectivity index is 2.16. The van der Waals surface area contributed by atoms with Crippen LogP contribution in [0.5, 0.6) is 5.75 Å². The lowest BCUT2D eigenvalue weighted by molar-refractivity contribution is -0.140. The molecule has 0 heterocycles. The zero-order valence-electron chi connectivity index (χ0n) is 21.2. The van der Waals surface area contributed by atoms with E-state index in [9.17, 15) is 18.0 Å². The number of benzene rings is 2. The number of hydrogen-bond donors (Lipinski definition) is 1. The summed E-state index contributed by atoms with van der Waals surface area (Å²) in [4.78, 5) is 27.6. The standard InChI is InChI=1S/C26H37N3O5S/c1-20(2)18-27-26(31)21(3)28(19-22-12-7-6-8-13-22)25(30)16-11-17-29(35(5,32)33)23-14-9-10-15-24(23)34-4/h6-10,12-15,20-21H,11,16-19H2,1-5H3,(H,27,31). The van der Waals surface area contributed by atoms with Crippen molar-refractivity contribution in [3.8, 4) is 5.75 Å². The van der Waals surface area contributed by atoms with Crippen molar-refractivity contribution in [3.05, 3.63) is 60.2 Å². The van der Waals surface area contributed by atoms with Crippen LogP contribution in [0.4, 0.5) is 5.69 Å². The quantitative estimate of drug-likeness (QED) is 0.452. The maximum Gasteiger partial charge on any atom is 0.242 e. The predicted molar refractivity (Wildman–Crippen MR) is 139 cm³/mol. The van der Waals surface area contributed by atoms with Crippen LogP contribution in [0.1, 0.15) is 39.2 Å². The number of nitrogens with one attached hydrogen (secondary N) is 1. The number of anilines is 1. The van der Waals surface area contributed by atoms with Gasteiger partial charge in [-0.1, -0.05) is 56.3 Å². The van der Waals surface area contributed by atoms with Crippen LogP contribution < -0.4 is 14.4 Å². The minimum atomic E-state index is -3.60. The lowest BCUT2D eigenvalue weighted by Gasteiger charge is -2.30. The number of carbonyl (C=O) groups is 2. The van der Waals surface area contributed by atoms with Crippen molar-refractivity contribution in [1.82, 2.24) is 10.2 Å². The van der Waals surface area contributed by atoms with Crippen LogP contribution in [0, 0.1) is 5.92 Å². The van der Waals surface area contributed by atoms with Gasteiger partial charge in [0.25, 0.3) is 0 Å². The van der Waals surface area contributed by atoms with Crippen molar-refractivity contribution in [2.24, 2.45) is 5.92 Å². The molecule has 0 radical (unpaired) electrons. The Morgan fingerprint density at radius 1 is 1.00 bits per heavy atom. The molecule has 0 aliphatic rings. The molecule has 1 atom stereocenters. The second-order valence-corrected chi connectivity index (χ2v) is 10.8. The first kappa shape index (κ1) is 28.2. The first-order valence-corrected chi connectivity index (χ1v) is 13.6. The molecular weight excluding hydrogens is 466 g/mol. The van der Waals surface area contributed by atoms with Gasteiger partial charge >= 0.3 is 0 Å². The molecule has 1 N–H and O–H groups in total. The molecule has 2 rings (SSSR count). The fraction of sp³-hybridized carbons (Fsp3) is 0.462. The Morgan fingerprint density at radius 2 is 1.63 bits per heavy atom. The molecule has 8 nitrogen and oxygen atoms in total. The van der Waals surface area contributed by atoms with E-state index in [0.717, 1.165) is 11.8 Å². The molecule has 0 fully saturated rings. The molecule has 0 aliphatic heterocycles. The molecule has 35 heavy (non-hydrogen) atoms. The molecule has 0 aromatic heterocycles. The van der Waals surface area contributed by atoms with Crippen molar-refractivity contribution in [1.29, 1.82) is 0 Å². The largest absolute Gasteiger partial charge is 0.495 e. The highest BCUT2D eigenvalue weighted by Gasteiger charge is 2.27. The number of methoxy groups -OCH3 is 1. The first-order valence-electron chi connectivity index (χ1n) is 11.8. The van der Waals surface area contributed by atoms with Crippen LogP contribution >= 0.6 is 0 Å². The van der Waals surface area contributed by atoms with Crippen LogP contribution in [0.15, 0.2) is 54.6 Å². The summed E-state index contributed by atoms with van der Waals surface area (Å²) in [5.74, 6) is 0.302. The van der Waals surface area contributed by atoms with Gasteiger partial charge in [-0.2, -0.15) is 0 Å². The Kier molecular flexibility index (Phi) is 10.6. The van der Waals surface area contributed by atoms with Crippen LogP contribution in [-0.2, 0) is 26.2 Å². The van der Waals surface area contributed by atoms with Crippen LogP contribution in [0.2, 0.25) is 0 Å². The summed E-state index contributed by atoms with van der Waals surface area (Å²) in [6.45, 7) is 6.66. The van der Waals surface area contributed by atoms with Crippen molar-refractivity contribution in [2.75, 3.05) is 30.8 Å². The van der Waals surface area contributed by atoms with E-state index in [0.29, 0.717) is 23.9 Å². The highest BCUT2D eigenvalue weighted by molar-refractivity contribution is 7.92. The summed E-state index contributed by atoms with van der Waals surface area (Å²) >= 11 is 0. The van der Waals surface area contributed by atoms with Gasteiger partial charge in [-0.25, -0.2) is 8.42 Å². The van der Waals surface area contributed by atoms with Gasteiger partial charge in [-0.3, -0.25) is 13.9 Å². The Morgan fingerprint density at radius 3 is 2.23 bits per heavy atom. The van der Waals surface area contributed by atoms with Gasteiger partial charge < -0.3 is 15.0 Å². The maximum atomic E-state index is 13.3. The Bertz CT molecular complexity index is 1070. The Hall–Kier alpha value is -3.07. The van der Waals surface area contributed by atoms with Crippen molar-refractivity contribution < 1.29 is 22.7 Å². The zero-order chi connectivity index (χ0) is 26.0. The van der Waals surface area contributed by atoms with E-state index >= 15 is 0 Å². The average molecular weight is 504 g/mol. The van der Waals surface area contributed by atoms with E-state index in [1.807, 2.05) is 44.2 Å². The van der Waals surface area contributed by atoms with E-state index in [4.69, 9.17) is 4.74 Å². The molecule has 192 valence electrons. The molecule has 2 aromatic carbocycles. The summed E-state index contributed by atoms with van der Waals surface area (Å²) in [5, 5.41) is 2.90. The van der Waals surface area contributed by atoms with Gasteiger partial charge in [-0.15, -0.1) is 0 Å². The summed E-state index contributed by atoms with van der Waals surface area (Å²) in [7, 11) is -2.12. The summed E-state index contributed by atoms with van der Waals surface area (Å²) in [6.07, 6.45) is 1.51. The monoisotopic (exact) mass is 503 g/mol. The normalized spacial score (nSPS) is 12.2. The number of carbonyl (C=O) groups excluding carboxylic acids is 2. The van der Waals surface area contributed by atoms with Crippen molar-refractivity contribution in [2.45, 2.75) is 46.2 Å². The number of hydrogen-bond acceptors (Lipinski definition) is 5. The van der Waals surface area contributed by atoms with E-state index in [1.54, 1.807) is 36.1 Å². The number of sulfonamides is 1. The van der Waals surface area contributed by atoms with E-state index in [1.165, 1.54) is 11.4 Å². The molecule has 2 amide bonds. The van der Waals surface area contributed by atoms with Gasteiger partial charge in [0.05, 0.1) is 19.1 Å². The maximum absolute atomic E-state index is 13.3. The number of amides is 2. The third-order valence-corrected chi connectivity index (χ3v) is 6.73. The van der Waals surface area contributed by atoms with Gasteiger partial charge in [0.15, 0.2) is 0 Å². The topological polar surface area (TPSA) is 96.0 Å². The van der Waals surface area contributed by atoms with Crippen LogP contribution in [0.3, 0.4) is 0 Å². The fourth-order valence-electron chi connectivity index (χ4n) is 3.63. The lowest BCUT2D eigenvalue weighted by atomic mass is 10.1. The summed E-state index contributed by atoms with van der Waals surface area (Å²) < 4.78 is 31.6. The SMILES string of the molecule is COc1ccccc1N(CCCC(=O)N(Cc1ccccc1)C(C)C(=O)NCC(C)C)S(C)(=O)=O. The van der Waals surface area contributed by atoms with Crippen molar-refractivity contribution >= 4 is 27.5 Å². The molecular formula is C26H37N3O5S. The third kappa shape index (κ3) is 8.58. The minimum Gasteiger partial charge on any atom is -0.495 e. The highest BCUT2D eigenvalue weighted by Crippen LogP contribution is 2.29.